The van der Waals surface area contributed by atoms with E-state index in [2.05, 4.69) is 27.7 Å². The summed E-state index contributed by atoms with van der Waals surface area (Å²) in [7, 11) is -3.53. The van der Waals surface area contributed by atoms with Crippen LogP contribution in [0.15, 0.2) is 24.3 Å². The minimum Gasteiger partial charge on any atom is -0.383 e. The van der Waals surface area contributed by atoms with Gasteiger partial charge < -0.3 is 9.08 Å². The zero-order valence-corrected chi connectivity index (χ0v) is 17.5. The van der Waals surface area contributed by atoms with Crippen LogP contribution >= 0.6 is 0 Å². The second-order valence-electron chi connectivity index (χ2n) is 6.90. The van der Waals surface area contributed by atoms with Crippen molar-refractivity contribution in [1.29, 1.82) is 0 Å². The largest absolute Gasteiger partial charge is 0.383 e. The van der Waals surface area contributed by atoms with Gasteiger partial charge in [0.2, 0.25) is 5.91 Å². The first kappa shape index (κ1) is 22.5. The summed E-state index contributed by atoms with van der Waals surface area (Å²) in [6.45, 7) is 8.90. The third kappa shape index (κ3) is 7.36. The van der Waals surface area contributed by atoms with Gasteiger partial charge in [-0.15, -0.1) is 0 Å². The van der Waals surface area contributed by atoms with Gasteiger partial charge in [-0.2, -0.15) is 8.42 Å². The molecule has 0 aromatic heterocycles. The highest BCUT2D eigenvalue weighted by Gasteiger charge is 2.25. The van der Waals surface area contributed by atoms with E-state index < -0.39 is 10.1 Å². The number of hydrogen-bond acceptors (Lipinski definition) is 4. The van der Waals surface area contributed by atoms with Crippen LogP contribution in [-0.4, -0.2) is 31.5 Å². The smallest absolute Gasteiger partial charge is 0.306 e. The Morgan fingerprint density at radius 3 is 2.19 bits per heavy atom. The normalized spacial score (nSPS) is 13.9. The fourth-order valence-corrected chi connectivity index (χ4v) is 3.34. The number of hydrogen-bond donors (Lipinski definition) is 0. The summed E-state index contributed by atoms with van der Waals surface area (Å²) in [4.78, 5) is 15.0. The number of nitrogens with zero attached hydrogens (tertiary/aromatic N) is 1. The van der Waals surface area contributed by atoms with Crippen LogP contribution in [0.4, 0.5) is 0 Å². The number of rotatable bonds is 11. The molecule has 0 bridgehead atoms. The summed E-state index contributed by atoms with van der Waals surface area (Å²) in [5, 5.41) is 0. The van der Waals surface area contributed by atoms with Crippen molar-refractivity contribution in [3.8, 4) is 5.75 Å². The van der Waals surface area contributed by atoms with Crippen molar-refractivity contribution >= 4 is 16.0 Å². The molecule has 26 heavy (non-hydrogen) atoms. The van der Waals surface area contributed by atoms with E-state index in [4.69, 9.17) is 4.18 Å². The molecule has 0 aliphatic rings. The monoisotopic (exact) mass is 383 g/mol. The molecule has 1 aromatic carbocycles. The minimum absolute atomic E-state index is 0.0665. The third-order valence-corrected chi connectivity index (χ3v) is 5.17. The van der Waals surface area contributed by atoms with Gasteiger partial charge >= 0.3 is 10.1 Å². The predicted octanol–water partition coefficient (Wildman–Crippen LogP) is 4.37. The van der Waals surface area contributed by atoms with Gasteiger partial charge in [-0.25, -0.2) is 0 Å². The van der Waals surface area contributed by atoms with Crippen LogP contribution in [0, 0.1) is 5.92 Å². The molecule has 0 heterocycles. The van der Waals surface area contributed by atoms with Crippen LogP contribution in [0.25, 0.3) is 0 Å². The molecular weight excluding hydrogens is 350 g/mol. The molecule has 2 atom stereocenters. The highest BCUT2D eigenvalue weighted by atomic mass is 32.2. The number of amides is 1. The Morgan fingerprint density at radius 1 is 1.12 bits per heavy atom. The van der Waals surface area contributed by atoms with Crippen molar-refractivity contribution in [1.82, 2.24) is 4.90 Å². The quantitative estimate of drug-likeness (QED) is 0.532. The first-order chi connectivity index (χ1) is 12.2. The maximum Gasteiger partial charge on any atom is 0.306 e. The zero-order valence-electron chi connectivity index (χ0n) is 16.7. The van der Waals surface area contributed by atoms with Crippen molar-refractivity contribution in [3.63, 3.8) is 0 Å². The molecular formula is C20H33NO4S. The highest BCUT2D eigenvalue weighted by molar-refractivity contribution is 7.86. The number of unbranched alkanes of at least 4 members (excludes halogenated alkanes) is 1. The summed E-state index contributed by atoms with van der Waals surface area (Å²) < 4.78 is 27.3. The fraction of sp³-hybridized carbons (Fsp3) is 0.650. The van der Waals surface area contributed by atoms with E-state index in [0.717, 1.165) is 43.9 Å². The van der Waals surface area contributed by atoms with E-state index in [0.29, 0.717) is 6.54 Å². The maximum absolute atomic E-state index is 13.1. The molecule has 0 fully saturated rings. The van der Waals surface area contributed by atoms with E-state index in [1.54, 1.807) is 12.1 Å². The van der Waals surface area contributed by atoms with Crippen molar-refractivity contribution in [3.05, 3.63) is 29.8 Å². The molecule has 1 amide bonds. The van der Waals surface area contributed by atoms with Crippen molar-refractivity contribution in [2.24, 2.45) is 5.92 Å². The summed E-state index contributed by atoms with van der Waals surface area (Å²) in [5.41, 5.74) is 0.963. The lowest BCUT2D eigenvalue weighted by molar-refractivity contribution is -0.138. The van der Waals surface area contributed by atoms with Gasteiger partial charge in [0.05, 0.1) is 6.26 Å². The van der Waals surface area contributed by atoms with Crippen LogP contribution in [0.5, 0.6) is 5.75 Å². The third-order valence-electron chi connectivity index (χ3n) is 4.68. The van der Waals surface area contributed by atoms with Crippen molar-refractivity contribution < 1.29 is 17.4 Å². The number of carbonyl (C=O) groups excluding carboxylic acids is 1. The molecule has 1 aromatic rings. The fourth-order valence-electron chi connectivity index (χ4n) is 2.88. The number of carbonyl (C=O) groups is 1. The molecule has 148 valence electrons. The first-order valence-electron chi connectivity index (χ1n) is 9.50. The molecule has 0 N–H and O–H groups in total. The molecule has 0 aliphatic heterocycles. The van der Waals surface area contributed by atoms with Gasteiger partial charge in [-0.3, -0.25) is 4.79 Å². The first-order valence-corrected chi connectivity index (χ1v) is 11.3. The molecule has 0 unspecified atom stereocenters. The van der Waals surface area contributed by atoms with E-state index >= 15 is 0 Å². The Kier molecular flexibility index (Phi) is 9.13. The molecule has 1 rings (SSSR count). The van der Waals surface area contributed by atoms with Crippen molar-refractivity contribution in [2.45, 2.75) is 72.4 Å². The summed E-state index contributed by atoms with van der Waals surface area (Å²) >= 11 is 0. The van der Waals surface area contributed by atoms with Crippen LogP contribution < -0.4 is 4.18 Å². The topological polar surface area (TPSA) is 63.7 Å². The van der Waals surface area contributed by atoms with Gasteiger partial charge in [-0.1, -0.05) is 45.7 Å². The van der Waals surface area contributed by atoms with Crippen LogP contribution in [-0.2, 0) is 21.5 Å². The van der Waals surface area contributed by atoms with Gasteiger partial charge in [0.15, 0.2) is 0 Å². The SMILES string of the molecule is CCCC[C@H](CC)C(=O)N(Cc1ccc(OS(C)(=O)=O)cc1)[C@H](C)CC. The van der Waals surface area contributed by atoms with E-state index in [9.17, 15) is 13.2 Å². The minimum atomic E-state index is -3.53. The lowest BCUT2D eigenvalue weighted by atomic mass is 9.96. The lowest BCUT2D eigenvalue weighted by Gasteiger charge is -2.32. The van der Waals surface area contributed by atoms with Crippen LogP contribution in [0.3, 0.4) is 0 Å². The Hall–Kier alpha value is -1.56. The zero-order chi connectivity index (χ0) is 19.7. The Labute approximate surface area is 158 Å². The Morgan fingerprint density at radius 2 is 1.73 bits per heavy atom. The van der Waals surface area contributed by atoms with Crippen LogP contribution in [0.1, 0.15) is 65.4 Å². The predicted molar refractivity (Wildman–Crippen MR) is 106 cm³/mol. The van der Waals surface area contributed by atoms with Gasteiger partial charge in [0.1, 0.15) is 5.75 Å². The highest BCUT2D eigenvalue weighted by Crippen LogP contribution is 2.22. The standard InChI is InChI=1S/C20H33NO4S/c1-6-9-10-18(8-3)20(22)21(16(4)7-2)15-17-11-13-19(14-12-17)25-26(5,23)24/h11-14,16,18H,6-10,15H2,1-5H3/t16-,18+/m1/s1. The van der Waals surface area contributed by atoms with Gasteiger partial charge in [-0.05, 0) is 43.9 Å². The second-order valence-corrected chi connectivity index (χ2v) is 8.48. The summed E-state index contributed by atoms with van der Waals surface area (Å²) in [6, 6.07) is 7.05. The van der Waals surface area contributed by atoms with Gasteiger partial charge in [0, 0.05) is 18.5 Å². The van der Waals surface area contributed by atoms with Gasteiger partial charge in [0.25, 0.3) is 0 Å². The summed E-state index contributed by atoms with van der Waals surface area (Å²) in [6.07, 6.45) is 5.86. The van der Waals surface area contributed by atoms with Crippen LogP contribution in [0.2, 0.25) is 0 Å². The van der Waals surface area contributed by atoms with Crippen molar-refractivity contribution in [2.75, 3.05) is 6.26 Å². The average Bonchev–Trinajstić information content (AvgIpc) is 2.59. The Bertz CT molecular complexity index is 655. The molecule has 0 radical (unpaired) electrons. The molecule has 0 saturated heterocycles. The maximum atomic E-state index is 13.1. The molecule has 5 nitrogen and oxygen atoms in total. The number of benzene rings is 1. The second kappa shape index (κ2) is 10.6. The van der Waals surface area contributed by atoms with E-state index in [1.165, 1.54) is 0 Å². The molecule has 6 heteroatoms. The lowest BCUT2D eigenvalue weighted by Crippen LogP contribution is -2.41. The molecule has 0 spiro atoms. The molecule has 0 aliphatic carbocycles. The van der Waals surface area contributed by atoms with E-state index in [-0.39, 0.29) is 23.6 Å². The van der Waals surface area contributed by atoms with E-state index in [1.807, 2.05) is 17.0 Å². The summed E-state index contributed by atoms with van der Waals surface area (Å²) in [5.74, 6) is 0.565. The Balaban J connectivity index is 2.92. The molecule has 0 saturated carbocycles. The average molecular weight is 384 g/mol.